The smallest absolute Gasteiger partial charge is 0.242 e. The highest BCUT2D eigenvalue weighted by molar-refractivity contribution is 7.92. The summed E-state index contributed by atoms with van der Waals surface area (Å²) in [6.07, 6.45) is 6.40. The van der Waals surface area contributed by atoms with Gasteiger partial charge in [0.05, 0.1) is 19.1 Å². The fourth-order valence-corrected chi connectivity index (χ4v) is 5.69. The standard InChI is InChI=1S/C28H39N3O5S/c1-22(28(33)29-24-13-7-8-14-24)30(20-18-23-11-5-4-6-12-23)27(32)17-10-19-31(37(3,34)35)25-15-9-16-26(21-25)36-2/h4-6,9,11-12,15-16,21-22,24H,7-8,10,13-14,17-20H2,1-3H3,(H,29,33)/t22-/m0/s1. The van der Waals surface area contributed by atoms with Gasteiger partial charge in [0.1, 0.15) is 11.8 Å². The average Bonchev–Trinajstić information content (AvgIpc) is 3.39. The third-order valence-corrected chi connectivity index (χ3v) is 8.04. The average molecular weight is 530 g/mol. The molecule has 1 aliphatic carbocycles. The van der Waals surface area contributed by atoms with E-state index >= 15 is 0 Å². The molecule has 0 aliphatic heterocycles. The van der Waals surface area contributed by atoms with Crippen LogP contribution in [0.5, 0.6) is 5.75 Å². The normalized spacial score (nSPS) is 14.7. The van der Waals surface area contributed by atoms with Crippen LogP contribution in [0.4, 0.5) is 5.69 Å². The van der Waals surface area contributed by atoms with E-state index in [1.807, 2.05) is 30.3 Å². The lowest BCUT2D eigenvalue weighted by Gasteiger charge is -2.30. The number of benzene rings is 2. The molecular formula is C28H39N3O5S. The van der Waals surface area contributed by atoms with Crippen LogP contribution in [0.3, 0.4) is 0 Å². The number of carbonyl (C=O) groups is 2. The van der Waals surface area contributed by atoms with Gasteiger partial charge < -0.3 is 15.0 Å². The van der Waals surface area contributed by atoms with Gasteiger partial charge in [-0.2, -0.15) is 0 Å². The SMILES string of the molecule is COc1cccc(N(CCCC(=O)N(CCc2ccccc2)[C@@H](C)C(=O)NC2CCCC2)S(C)(=O)=O)c1. The Labute approximate surface area is 221 Å². The molecule has 2 aromatic carbocycles. The largest absolute Gasteiger partial charge is 0.497 e. The van der Waals surface area contributed by atoms with Crippen LogP contribution in [-0.2, 0) is 26.0 Å². The lowest BCUT2D eigenvalue weighted by molar-refractivity contribution is -0.140. The van der Waals surface area contributed by atoms with Gasteiger partial charge in [-0.1, -0.05) is 49.2 Å². The van der Waals surface area contributed by atoms with Gasteiger partial charge in [-0.3, -0.25) is 13.9 Å². The third kappa shape index (κ3) is 8.49. The van der Waals surface area contributed by atoms with Crippen LogP contribution in [0.1, 0.15) is 51.0 Å². The van der Waals surface area contributed by atoms with Crippen molar-refractivity contribution >= 4 is 27.5 Å². The number of ether oxygens (including phenoxy) is 1. The quantitative estimate of drug-likeness (QED) is 0.426. The zero-order valence-electron chi connectivity index (χ0n) is 22.1. The zero-order chi connectivity index (χ0) is 26.8. The highest BCUT2D eigenvalue weighted by atomic mass is 32.2. The molecule has 0 bridgehead atoms. The van der Waals surface area contributed by atoms with E-state index in [4.69, 9.17) is 4.74 Å². The minimum atomic E-state index is -3.56. The maximum atomic E-state index is 13.4. The third-order valence-electron chi connectivity index (χ3n) is 6.85. The molecule has 202 valence electrons. The van der Waals surface area contributed by atoms with Crippen LogP contribution < -0.4 is 14.4 Å². The lowest BCUT2D eigenvalue weighted by atomic mass is 10.1. The van der Waals surface area contributed by atoms with Crippen LogP contribution >= 0.6 is 0 Å². The first kappa shape index (κ1) is 28.5. The second-order valence-corrected chi connectivity index (χ2v) is 11.5. The Morgan fingerprint density at radius 3 is 2.41 bits per heavy atom. The molecule has 1 N–H and O–H groups in total. The van der Waals surface area contributed by atoms with Gasteiger partial charge >= 0.3 is 0 Å². The molecule has 0 aromatic heterocycles. The number of amides is 2. The molecule has 9 heteroatoms. The predicted octanol–water partition coefficient (Wildman–Crippen LogP) is 3.76. The molecule has 3 rings (SSSR count). The summed E-state index contributed by atoms with van der Waals surface area (Å²) in [5, 5.41) is 3.11. The fourth-order valence-electron chi connectivity index (χ4n) is 4.73. The maximum absolute atomic E-state index is 13.4. The maximum Gasteiger partial charge on any atom is 0.242 e. The van der Waals surface area contributed by atoms with E-state index in [2.05, 4.69) is 5.32 Å². The summed E-state index contributed by atoms with van der Waals surface area (Å²) < 4.78 is 31.5. The monoisotopic (exact) mass is 529 g/mol. The number of nitrogens with one attached hydrogen (secondary N) is 1. The molecule has 0 unspecified atom stereocenters. The molecule has 2 aromatic rings. The van der Waals surface area contributed by atoms with Gasteiger partial charge in [0.15, 0.2) is 0 Å². The van der Waals surface area contributed by atoms with Crippen molar-refractivity contribution in [3.8, 4) is 5.75 Å². The van der Waals surface area contributed by atoms with Crippen molar-refractivity contribution < 1.29 is 22.7 Å². The van der Waals surface area contributed by atoms with E-state index in [1.54, 1.807) is 36.1 Å². The Kier molecular flexibility index (Phi) is 10.4. The van der Waals surface area contributed by atoms with Crippen LogP contribution in [0, 0.1) is 0 Å². The summed E-state index contributed by atoms with van der Waals surface area (Å²) in [5.74, 6) is 0.253. The first-order valence-corrected chi connectivity index (χ1v) is 14.8. The Bertz CT molecular complexity index is 1130. The van der Waals surface area contributed by atoms with Gasteiger partial charge in [0.25, 0.3) is 0 Å². The number of rotatable bonds is 13. The first-order valence-electron chi connectivity index (χ1n) is 12.9. The van der Waals surface area contributed by atoms with Crippen LogP contribution in [0.25, 0.3) is 0 Å². The molecule has 1 aliphatic rings. The van der Waals surface area contributed by atoms with Crippen molar-refractivity contribution in [1.29, 1.82) is 0 Å². The molecule has 0 radical (unpaired) electrons. The molecule has 0 saturated heterocycles. The van der Waals surface area contributed by atoms with E-state index in [0.717, 1.165) is 37.5 Å². The van der Waals surface area contributed by atoms with E-state index in [9.17, 15) is 18.0 Å². The second-order valence-electron chi connectivity index (χ2n) is 9.63. The number of hydrogen-bond acceptors (Lipinski definition) is 5. The summed E-state index contributed by atoms with van der Waals surface area (Å²) in [6.45, 7) is 2.33. The minimum absolute atomic E-state index is 0.131. The summed E-state index contributed by atoms with van der Waals surface area (Å²) in [4.78, 5) is 28.0. The Morgan fingerprint density at radius 2 is 1.76 bits per heavy atom. The van der Waals surface area contributed by atoms with Crippen molar-refractivity contribution in [1.82, 2.24) is 10.2 Å². The minimum Gasteiger partial charge on any atom is -0.497 e. The van der Waals surface area contributed by atoms with Gasteiger partial charge in [-0.05, 0) is 50.3 Å². The zero-order valence-corrected chi connectivity index (χ0v) is 22.9. The molecule has 0 heterocycles. The van der Waals surface area contributed by atoms with Crippen molar-refractivity contribution in [2.24, 2.45) is 0 Å². The number of methoxy groups -OCH3 is 1. The van der Waals surface area contributed by atoms with E-state index in [1.165, 1.54) is 11.4 Å². The second kappa shape index (κ2) is 13.5. The number of hydrogen-bond donors (Lipinski definition) is 1. The lowest BCUT2D eigenvalue weighted by Crippen LogP contribution is -2.50. The van der Waals surface area contributed by atoms with Crippen LogP contribution in [0.2, 0.25) is 0 Å². The molecular weight excluding hydrogens is 490 g/mol. The van der Waals surface area contributed by atoms with Crippen molar-refractivity contribution in [2.45, 2.75) is 64.0 Å². The van der Waals surface area contributed by atoms with E-state index in [-0.39, 0.29) is 30.8 Å². The van der Waals surface area contributed by atoms with Gasteiger partial charge in [-0.15, -0.1) is 0 Å². The topological polar surface area (TPSA) is 96.0 Å². The summed E-state index contributed by atoms with van der Waals surface area (Å²) in [6, 6.07) is 16.3. The number of anilines is 1. The van der Waals surface area contributed by atoms with E-state index < -0.39 is 16.1 Å². The van der Waals surface area contributed by atoms with Crippen molar-refractivity contribution in [3.05, 3.63) is 60.2 Å². The highest BCUT2D eigenvalue weighted by Crippen LogP contribution is 2.24. The molecule has 1 atom stereocenters. The summed E-state index contributed by atoms with van der Waals surface area (Å²) in [5.41, 5.74) is 1.57. The Balaban J connectivity index is 1.67. The predicted molar refractivity (Wildman–Crippen MR) is 146 cm³/mol. The molecule has 8 nitrogen and oxygen atoms in total. The molecule has 2 amide bonds. The molecule has 37 heavy (non-hydrogen) atoms. The number of nitrogens with zero attached hydrogens (tertiary/aromatic N) is 2. The Morgan fingerprint density at radius 1 is 1.05 bits per heavy atom. The summed E-state index contributed by atoms with van der Waals surface area (Å²) in [7, 11) is -2.04. The first-order chi connectivity index (χ1) is 17.7. The highest BCUT2D eigenvalue weighted by Gasteiger charge is 2.28. The molecule has 1 saturated carbocycles. The van der Waals surface area contributed by atoms with Gasteiger partial charge in [-0.25, -0.2) is 8.42 Å². The van der Waals surface area contributed by atoms with Gasteiger partial charge in [0.2, 0.25) is 21.8 Å². The van der Waals surface area contributed by atoms with E-state index in [0.29, 0.717) is 30.8 Å². The van der Waals surface area contributed by atoms with Crippen molar-refractivity contribution in [3.63, 3.8) is 0 Å². The van der Waals surface area contributed by atoms with Crippen molar-refractivity contribution in [2.75, 3.05) is 30.8 Å². The fraction of sp³-hybridized carbons (Fsp3) is 0.500. The van der Waals surface area contributed by atoms with Crippen LogP contribution in [0.15, 0.2) is 54.6 Å². The molecule has 0 spiro atoms. The summed E-state index contributed by atoms with van der Waals surface area (Å²) >= 11 is 0. The van der Waals surface area contributed by atoms with Crippen LogP contribution in [-0.4, -0.2) is 63.7 Å². The number of sulfonamides is 1. The van der Waals surface area contributed by atoms with Gasteiger partial charge in [0, 0.05) is 31.6 Å². The number of carbonyl (C=O) groups excluding carboxylic acids is 2. The molecule has 1 fully saturated rings. The Hall–Kier alpha value is -3.07.